The van der Waals surface area contributed by atoms with Crippen molar-refractivity contribution in [2.45, 2.75) is 13.5 Å². The van der Waals surface area contributed by atoms with Gasteiger partial charge < -0.3 is 9.64 Å². The maximum Gasteiger partial charge on any atom is 0.282 e. The van der Waals surface area contributed by atoms with Gasteiger partial charge >= 0.3 is 0 Å². The lowest BCUT2D eigenvalue weighted by atomic mass is 10.1. The monoisotopic (exact) mass is 427 g/mol. The van der Waals surface area contributed by atoms with Gasteiger partial charge in [0.2, 0.25) is 0 Å². The Labute approximate surface area is 187 Å². The summed E-state index contributed by atoms with van der Waals surface area (Å²) < 4.78 is 6.12. The second kappa shape index (κ2) is 8.98. The van der Waals surface area contributed by atoms with Crippen LogP contribution in [0.4, 0.5) is 11.4 Å². The Morgan fingerprint density at radius 2 is 1.69 bits per heavy atom. The van der Waals surface area contributed by atoms with Crippen molar-refractivity contribution in [3.63, 3.8) is 0 Å². The molecule has 1 aliphatic heterocycles. The molecule has 6 heteroatoms. The lowest BCUT2D eigenvalue weighted by Gasteiger charge is -2.16. The van der Waals surface area contributed by atoms with Crippen LogP contribution < -0.4 is 20.1 Å². The fraction of sp³-hybridized carbons (Fsp3) is 0.154. The van der Waals surface area contributed by atoms with Crippen LogP contribution in [0, 0.1) is 6.92 Å². The van der Waals surface area contributed by atoms with E-state index >= 15 is 0 Å². The summed E-state index contributed by atoms with van der Waals surface area (Å²) in [4.78, 5) is 27.5. The van der Waals surface area contributed by atoms with Crippen molar-refractivity contribution in [3.05, 3.63) is 95.1 Å². The number of aryl methyl sites for hydroxylation is 1. The highest BCUT2D eigenvalue weighted by Gasteiger charge is 2.34. The van der Waals surface area contributed by atoms with Crippen LogP contribution in [0.1, 0.15) is 16.7 Å². The molecule has 0 spiro atoms. The maximum atomic E-state index is 12.9. The van der Waals surface area contributed by atoms with E-state index in [2.05, 4.69) is 5.43 Å². The average Bonchev–Trinajstić information content (AvgIpc) is 3.08. The van der Waals surface area contributed by atoms with Crippen molar-refractivity contribution >= 4 is 29.3 Å². The fourth-order valence-electron chi connectivity index (χ4n) is 3.36. The first-order chi connectivity index (χ1) is 15.4. The van der Waals surface area contributed by atoms with Gasteiger partial charge in [-0.3, -0.25) is 15.0 Å². The van der Waals surface area contributed by atoms with E-state index < -0.39 is 11.8 Å². The van der Waals surface area contributed by atoms with E-state index in [1.165, 1.54) is 10.6 Å². The van der Waals surface area contributed by atoms with Crippen LogP contribution >= 0.6 is 0 Å². The first-order valence-corrected chi connectivity index (χ1v) is 10.3. The topological polar surface area (TPSA) is 61.9 Å². The molecule has 0 aliphatic carbocycles. The molecule has 1 aliphatic rings. The van der Waals surface area contributed by atoms with Gasteiger partial charge in [0.1, 0.15) is 17.9 Å². The minimum Gasteiger partial charge on any atom is -0.488 e. The smallest absolute Gasteiger partial charge is 0.282 e. The van der Waals surface area contributed by atoms with Gasteiger partial charge in [0.05, 0.1) is 5.69 Å². The largest absolute Gasteiger partial charge is 0.488 e. The molecule has 1 saturated heterocycles. The standard InChI is InChI=1S/C26H25N3O3/c1-18-9-11-19(12-10-18)17-32-24-16-22(28(2)3)14-13-20(24)15-23-25(30)27-29(26(23)31)21-7-5-4-6-8-21/h4-16H,17H2,1-3H3,(H,27,30). The number of para-hydroxylation sites is 1. The van der Waals surface area contributed by atoms with Gasteiger partial charge in [-0.1, -0.05) is 48.0 Å². The Morgan fingerprint density at radius 1 is 0.969 bits per heavy atom. The summed E-state index contributed by atoms with van der Waals surface area (Å²) in [5.41, 5.74) is 7.14. The third-order valence-electron chi connectivity index (χ3n) is 5.23. The number of ether oxygens (including phenoxy) is 1. The molecule has 4 rings (SSSR count). The number of hydrogen-bond donors (Lipinski definition) is 1. The quantitative estimate of drug-likeness (QED) is 0.475. The summed E-state index contributed by atoms with van der Waals surface area (Å²) in [6, 6.07) is 22.8. The molecular weight excluding hydrogens is 402 g/mol. The van der Waals surface area contributed by atoms with E-state index in [0.717, 1.165) is 11.3 Å². The zero-order chi connectivity index (χ0) is 22.7. The first kappa shape index (κ1) is 21.2. The predicted octanol–water partition coefficient (Wildman–Crippen LogP) is 4.10. The van der Waals surface area contributed by atoms with Crippen LogP contribution in [0.15, 0.2) is 78.4 Å². The lowest BCUT2D eigenvalue weighted by Crippen LogP contribution is -2.35. The number of carbonyl (C=O) groups is 2. The minimum atomic E-state index is -0.444. The van der Waals surface area contributed by atoms with E-state index in [-0.39, 0.29) is 5.57 Å². The number of benzene rings is 3. The van der Waals surface area contributed by atoms with Crippen molar-refractivity contribution in [3.8, 4) is 5.75 Å². The van der Waals surface area contributed by atoms with Crippen LogP contribution in [-0.2, 0) is 16.2 Å². The molecule has 2 amide bonds. The maximum absolute atomic E-state index is 12.9. The molecule has 1 N–H and O–H groups in total. The minimum absolute atomic E-state index is 0.0617. The second-order valence-corrected chi connectivity index (χ2v) is 7.87. The van der Waals surface area contributed by atoms with Gasteiger partial charge in [0, 0.05) is 31.4 Å². The van der Waals surface area contributed by atoms with Gasteiger partial charge in [-0.05, 0) is 42.8 Å². The average molecular weight is 428 g/mol. The predicted molar refractivity (Wildman–Crippen MR) is 126 cm³/mol. The van der Waals surface area contributed by atoms with E-state index in [1.807, 2.05) is 86.6 Å². The van der Waals surface area contributed by atoms with Crippen molar-refractivity contribution in [2.75, 3.05) is 24.0 Å². The van der Waals surface area contributed by atoms with Crippen LogP contribution in [0.3, 0.4) is 0 Å². The first-order valence-electron chi connectivity index (χ1n) is 10.3. The van der Waals surface area contributed by atoms with Crippen molar-refractivity contribution in [1.82, 2.24) is 5.43 Å². The van der Waals surface area contributed by atoms with Crippen LogP contribution in [0.25, 0.3) is 6.08 Å². The molecule has 0 radical (unpaired) electrons. The van der Waals surface area contributed by atoms with Gasteiger partial charge in [-0.25, -0.2) is 5.01 Å². The highest BCUT2D eigenvalue weighted by atomic mass is 16.5. The normalized spacial score (nSPS) is 14.6. The summed E-state index contributed by atoms with van der Waals surface area (Å²) in [7, 11) is 3.89. The number of amides is 2. The summed E-state index contributed by atoms with van der Waals surface area (Å²) >= 11 is 0. The number of nitrogens with zero attached hydrogens (tertiary/aromatic N) is 2. The van der Waals surface area contributed by atoms with Crippen molar-refractivity contribution in [1.29, 1.82) is 0 Å². The van der Waals surface area contributed by atoms with Gasteiger partial charge in [0.15, 0.2) is 0 Å². The van der Waals surface area contributed by atoms with Crippen LogP contribution in [0.2, 0.25) is 0 Å². The van der Waals surface area contributed by atoms with Gasteiger partial charge in [-0.2, -0.15) is 0 Å². The summed E-state index contributed by atoms with van der Waals surface area (Å²) in [6.07, 6.45) is 1.59. The van der Waals surface area contributed by atoms with Crippen molar-refractivity contribution in [2.24, 2.45) is 0 Å². The Balaban J connectivity index is 1.64. The highest BCUT2D eigenvalue weighted by molar-refractivity contribution is 6.31. The molecule has 6 nitrogen and oxygen atoms in total. The molecule has 0 atom stereocenters. The van der Waals surface area contributed by atoms with Gasteiger partial charge in [-0.15, -0.1) is 0 Å². The molecule has 1 fully saturated rings. The molecule has 1 heterocycles. The van der Waals surface area contributed by atoms with E-state index in [4.69, 9.17) is 4.74 Å². The van der Waals surface area contributed by atoms with E-state index in [0.29, 0.717) is 23.6 Å². The Bertz CT molecular complexity index is 1170. The summed E-state index contributed by atoms with van der Waals surface area (Å²) in [5, 5.41) is 1.26. The van der Waals surface area contributed by atoms with E-state index in [1.54, 1.807) is 18.2 Å². The summed E-state index contributed by atoms with van der Waals surface area (Å²) in [5.74, 6) is -0.245. The SMILES string of the molecule is Cc1ccc(COc2cc(N(C)C)ccc2C=C2C(=O)NN(c3ccccc3)C2=O)cc1. The molecule has 0 bridgehead atoms. The summed E-state index contributed by atoms with van der Waals surface area (Å²) in [6.45, 7) is 2.42. The molecule has 32 heavy (non-hydrogen) atoms. The molecule has 0 saturated carbocycles. The number of hydrazine groups is 1. The van der Waals surface area contributed by atoms with Crippen molar-refractivity contribution < 1.29 is 14.3 Å². The van der Waals surface area contributed by atoms with Gasteiger partial charge in [0.25, 0.3) is 11.8 Å². The molecule has 162 valence electrons. The van der Waals surface area contributed by atoms with Crippen LogP contribution in [0.5, 0.6) is 5.75 Å². The highest BCUT2D eigenvalue weighted by Crippen LogP contribution is 2.29. The second-order valence-electron chi connectivity index (χ2n) is 7.87. The Morgan fingerprint density at radius 3 is 2.38 bits per heavy atom. The molecule has 3 aromatic carbocycles. The fourth-order valence-corrected chi connectivity index (χ4v) is 3.36. The molecule has 0 aromatic heterocycles. The lowest BCUT2D eigenvalue weighted by molar-refractivity contribution is -0.117. The number of rotatable bonds is 6. The number of carbonyl (C=O) groups excluding carboxylic acids is 2. The zero-order valence-corrected chi connectivity index (χ0v) is 18.3. The molecular formula is C26H25N3O3. The van der Waals surface area contributed by atoms with E-state index in [9.17, 15) is 9.59 Å². The third-order valence-corrected chi connectivity index (χ3v) is 5.23. The Hall–Kier alpha value is -4.06. The number of nitrogens with one attached hydrogen (secondary N) is 1. The molecule has 3 aromatic rings. The number of hydrogen-bond acceptors (Lipinski definition) is 4. The zero-order valence-electron chi connectivity index (χ0n) is 18.3. The Kier molecular flexibility index (Phi) is 5.94. The molecule has 0 unspecified atom stereocenters. The number of anilines is 2. The van der Waals surface area contributed by atoms with Crippen LogP contribution in [-0.4, -0.2) is 25.9 Å². The third kappa shape index (κ3) is 4.49.